The molecule has 0 aliphatic heterocycles. The van der Waals surface area contributed by atoms with Gasteiger partial charge in [-0.05, 0) is 64.0 Å². The first-order chi connectivity index (χ1) is 9.74. The van der Waals surface area contributed by atoms with Crippen LogP contribution in [0.4, 0.5) is 0 Å². The van der Waals surface area contributed by atoms with Crippen LogP contribution in [0.25, 0.3) is 0 Å². The highest BCUT2D eigenvalue weighted by molar-refractivity contribution is 4.85. The molecule has 0 heterocycles. The summed E-state index contributed by atoms with van der Waals surface area (Å²) >= 11 is 0. The van der Waals surface area contributed by atoms with Crippen molar-refractivity contribution in [2.45, 2.75) is 83.7 Å². The van der Waals surface area contributed by atoms with Crippen LogP contribution in [0.5, 0.6) is 0 Å². The second-order valence-corrected chi connectivity index (χ2v) is 7.23. The summed E-state index contributed by atoms with van der Waals surface area (Å²) in [4.78, 5) is 2.70. The van der Waals surface area contributed by atoms with Gasteiger partial charge < -0.3 is 10.2 Å². The van der Waals surface area contributed by atoms with Gasteiger partial charge in [-0.25, -0.2) is 0 Å². The minimum absolute atomic E-state index is 0.781. The molecule has 20 heavy (non-hydrogen) atoms. The van der Waals surface area contributed by atoms with E-state index in [0.29, 0.717) is 0 Å². The van der Waals surface area contributed by atoms with Crippen LogP contribution < -0.4 is 5.32 Å². The topological polar surface area (TPSA) is 15.3 Å². The van der Waals surface area contributed by atoms with Crippen molar-refractivity contribution in [2.24, 2.45) is 11.8 Å². The quantitative estimate of drug-likeness (QED) is 0.789. The molecule has 2 rings (SSSR count). The summed E-state index contributed by atoms with van der Waals surface area (Å²) in [5.74, 6) is 1.90. The van der Waals surface area contributed by atoms with Gasteiger partial charge in [0.15, 0.2) is 0 Å². The number of hydrogen-bond acceptors (Lipinski definition) is 2. The van der Waals surface area contributed by atoms with Crippen LogP contribution in [0.3, 0.4) is 0 Å². The van der Waals surface area contributed by atoms with Crippen molar-refractivity contribution in [3.8, 4) is 0 Å². The molecule has 2 nitrogen and oxygen atoms in total. The fourth-order valence-electron chi connectivity index (χ4n) is 4.47. The smallest absolute Gasteiger partial charge is 0.0107 e. The molecule has 2 aliphatic rings. The monoisotopic (exact) mass is 280 g/mol. The van der Waals surface area contributed by atoms with Gasteiger partial charge in [-0.3, -0.25) is 0 Å². The van der Waals surface area contributed by atoms with Crippen molar-refractivity contribution in [3.63, 3.8) is 0 Å². The van der Waals surface area contributed by atoms with Gasteiger partial charge in [0.05, 0.1) is 0 Å². The van der Waals surface area contributed by atoms with Gasteiger partial charge in [0.25, 0.3) is 0 Å². The van der Waals surface area contributed by atoms with Gasteiger partial charge in [-0.1, -0.05) is 33.1 Å². The first kappa shape index (κ1) is 16.3. The van der Waals surface area contributed by atoms with Crippen LogP contribution in [0, 0.1) is 11.8 Å². The fraction of sp³-hybridized carbons (Fsp3) is 1.00. The first-order valence-corrected chi connectivity index (χ1v) is 9.18. The lowest BCUT2D eigenvalue weighted by atomic mass is 9.81. The molecule has 2 unspecified atom stereocenters. The van der Waals surface area contributed by atoms with Gasteiger partial charge in [0.1, 0.15) is 0 Å². The Morgan fingerprint density at radius 3 is 2.30 bits per heavy atom. The zero-order valence-corrected chi connectivity index (χ0v) is 14.0. The summed E-state index contributed by atoms with van der Waals surface area (Å²) in [6.45, 7) is 7.06. The van der Waals surface area contributed by atoms with Crippen LogP contribution >= 0.6 is 0 Å². The maximum Gasteiger partial charge on any atom is 0.0107 e. The van der Waals surface area contributed by atoms with E-state index in [-0.39, 0.29) is 0 Å². The Morgan fingerprint density at radius 1 is 0.950 bits per heavy atom. The van der Waals surface area contributed by atoms with E-state index in [2.05, 4.69) is 31.1 Å². The Kier molecular flexibility index (Phi) is 6.83. The number of hydrogen-bond donors (Lipinski definition) is 1. The molecule has 2 atom stereocenters. The third-order valence-electron chi connectivity index (χ3n) is 5.91. The molecular weight excluding hydrogens is 244 g/mol. The lowest BCUT2D eigenvalue weighted by Crippen LogP contribution is -2.46. The van der Waals surface area contributed by atoms with Gasteiger partial charge in [0.2, 0.25) is 0 Å². The molecular formula is C18H36N2. The Bertz CT molecular complexity index is 256. The van der Waals surface area contributed by atoms with E-state index in [9.17, 15) is 0 Å². The molecule has 0 spiro atoms. The molecule has 0 bridgehead atoms. The van der Waals surface area contributed by atoms with Crippen molar-refractivity contribution < 1.29 is 0 Å². The predicted octanol–water partition coefficient (Wildman–Crippen LogP) is 4.06. The van der Waals surface area contributed by atoms with Crippen molar-refractivity contribution in [1.82, 2.24) is 10.2 Å². The molecule has 0 aromatic rings. The summed E-state index contributed by atoms with van der Waals surface area (Å²) in [6.07, 6.45) is 12.9. The molecule has 2 saturated carbocycles. The van der Waals surface area contributed by atoms with E-state index < -0.39 is 0 Å². The highest BCUT2D eigenvalue weighted by Gasteiger charge is 2.29. The minimum atomic E-state index is 0.781. The summed E-state index contributed by atoms with van der Waals surface area (Å²) in [6, 6.07) is 1.64. The maximum absolute atomic E-state index is 3.73. The largest absolute Gasteiger partial charge is 0.314 e. The fourth-order valence-corrected chi connectivity index (χ4v) is 4.47. The van der Waals surface area contributed by atoms with Gasteiger partial charge in [-0.15, -0.1) is 0 Å². The standard InChI is InChI=1S/C18H36N2/c1-4-15-10-12-17(13-11-15)20(3)14-16-8-6-7-9-18(16)19-5-2/h15-19H,4-14H2,1-3H3. The number of nitrogens with one attached hydrogen (secondary N) is 1. The molecule has 0 aromatic heterocycles. The third-order valence-corrected chi connectivity index (χ3v) is 5.91. The van der Waals surface area contributed by atoms with Crippen LogP contribution in [0.2, 0.25) is 0 Å². The molecule has 0 aromatic carbocycles. The highest BCUT2D eigenvalue weighted by Crippen LogP contribution is 2.31. The van der Waals surface area contributed by atoms with Crippen LogP contribution in [-0.4, -0.2) is 37.1 Å². The molecule has 0 amide bonds. The summed E-state index contributed by atoms with van der Waals surface area (Å²) in [5, 5.41) is 3.73. The first-order valence-electron chi connectivity index (χ1n) is 9.18. The minimum Gasteiger partial charge on any atom is -0.314 e. The van der Waals surface area contributed by atoms with Gasteiger partial charge in [-0.2, -0.15) is 0 Å². The Hall–Kier alpha value is -0.0800. The van der Waals surface area contributed by atoms with E-state index >= 15 is 0 Å². The van der Waals surface area contributed by atoms with E-state index in [1.807, 2.05) is 0 Å². The maximum atomic E-state index is 3.73. The zero-order valence-electron chi connectivity index (χ0n) is 14.0. The highest BCUT2D eigenvalue weighted by atomic mass is 15.1. The average Bonchev–Trinajstić information content (AvgIpc) is 2.49. The van der Waals surface area contributed by atoms with E-state index in [1.165, 1.54) is 64.3 Å². The molecule has 2 aliphatic carbocycles. The van der Waals surface area contributed by atoms with Crippen molar-refractivity contribution >= 4 is 0 Å². The lowest BCUT2D eigenvalue weighted by molar-refractivity contribution is 0.118. The Labute approximate surface area is 126 Å². The van der Waals surface area contributed by atoms with Crippen molar-refractivity contribution in [2.75, 3.05) is 20.1 Å². The van der Waals surface area contributed by atoms with Crippen LogP contribution in [0.15, 0.2) is 0 Å². The second-order valence-electron chi connectivity index (χ2n) is 7.23. The predicted molar refractivity (Wildman–Crippen MR) is 88.1 cm³/mol. The molecule has 1 N–H and O–H groups in total. The number of rotatable bonds is 6. The van der Waals surface area contributed by atoms with Crippen molar-refractivity contribution in [3.05, 3.63) is 0 Å². The second kappa shape index (κ2) is 8.38. The number of nitrogens with zero attached hydrogens (tertiary/aromatic N) is 1. The van der Waals surface area contributed by atoms with E-state index in [1.54, 1.807) is 0 Å². The van der Waals surface area contributed by atoms with Crippen LogP contribution in [-0.2, 0) is 0 Å². The lowest BCUT2D eigenvalue weighted by Gasteiger charge is -2.39. The van der Waals surface area contributed by atoms with E-state index in [0.717, 1.165) is 30.5 Å². The molecule has 0 saturated heterocycles. The summed E-state index contributed by atoms with van der Waals surface area (Å²) in [5.41, 5.74) is 0. The van der Waals surface area contributed by atoms with Gasteiger partial charge in [0, 0.05) is 18.6 Å². The average molecular weight is 281 g/mol. The summed E-state index contributed by atoms with van der Waals surface area (Å²) in [7, 11) is 2.38. The summed E-state index contributed by atoms with van der Waals surface area (Å²) < 4.78 is 0. The van der Waals surface area contributed by atoms with Gasteiger partial charge >= 0.3 is 0 Å². The third kappa shape index (κ3) is 4.46. The zero-order chi connectivity index (χ0) is 14.4. The molecule has 118 valence electrons. The Morgan fingerprint density at radius 2 is 1.65 bits per heavy atom. The van der Waals surface area contributed by atoms with E-state index in [4.69, 9.17) is 0 Å². The molecule has 2 fully saturated rings. The normalized spacial score (nSPS) is 35.4. The molecule has 0 radical (unpaired) electrons. The van der Waals surface area contributed by atoms with Crippen LogP contribution in [0.1, 0.15) is 71.6 Å². The Balaban J connectivity index is 1.79. The molecule has 2 heteroatoms. The SMILES string of the molecule is CCNC1CCCCC1CN(C)C1CCC(CC)CC1. The van der Waals surface area contributed by atoms with Crippen molar-refractivity contribution in [1.29, 1.82) is 0 Å².